The number of ether oxygens (including phenoxy) is 2. The normalized spacial score (nSPS) is 11.5. The lowest BCUT2D eigenvalue weighted by Crippen LogP contribution is -2.33. The molecular formula is C13H24O6. The van der Waals surface area contributed by atoms with E-state index in [1.807, 2.05) is 6.92 Å². The summed E-state index contributed by atoms with van der Waals surface area (Å²) < 4.78 is 10.4. The second-order valence-corrected chi connectivity index (χ2v) is 4.73. The maximum Gasteiger partial charge on any atom is 0.329 e. The van der Waals surface area contributed by atoms with Crippen LogP contribution in [0.4, 0.5) is 0 Å². The lowest BCUT2D eigenvalue weighted by atomic mass is 9.82. The largest absolute Gasteiger partial charge is 0.480 e. The van der Waals surface area contributed by atoms with Crippen molar-refractivity contribution in [3.05, 3.63) is 0 Å². The fourth-order valence-electron chi connectivity index (χ4n) is 1.83. The van der Waals surface area contributed by atoms with E-state index < -0.39 is 11.9 Å². The summed E-state index contributed by atoms with van der Waals surface area (Å²) in [6, 6.07) is 0. The van der Waals surface area contributed by atoms with Crippen molar-refractivity contribution in [2.75, 3.05) is 26.4 Å². The van der Waals surface area contributed by atoms with Gasteiger partial charge < -0.3 is 19.7 Å². The molecule has 0 aliphatic carbocycles. The summed E-state index contributed by atoms with van der Waals surface area (Å²) in [4.78, 5) is 20.9. The van der Waals surface area contributed by atoms with Crippen LogP contribution in [-0.2, 0) is 19.1 Å². The Labute approximate surface area is 113 Å². The molecule has 0 bridgehead atoms. The molecule has 0 rings (SSSR count). The van der Waals surface area contributed by atoms with Gasteiger partial charge >= 0.3 is 11.9 Å². The lowest BCUT2D eigenvalue weighted by molar-refractivity contribution is -0.146. The van der Waals surface area contributed by atoms with Crippen LogP contribution >= 0.6 is 0 Å². The fourth-order valence-corrected chi connectivity index (χ4v) is 1.83. The molecule has 0 unspecified atom stereocenters. The average Bonchev–Trinajstić information content (AvgIpc) is 2.34. The maximum atomic E-state index is 10.5. The van der Waals surface area contributed by atoms with Gasteiger partial charge in [0.25, 0.3) is 0 Å². The minimum absolute atomic E-state index is 0.273. The third-order valence-electron chi connectivity index (χ3n) is 3.08. The Kier molecular flexibility index (Phi) is 9.16. The molecule has 112 valence electrons. The van der Waals surface area contributed by atoms with Crippen LogP contribution in [0.15, 0.2) is 0 Å². The molecule has 0 spiro atoms. The van der Waals surface area contributed by atoms with Crippen molar-refractivity contribution in [2.45, 2.75) is 39.5 Å². The van der Waals surface area contributed by atoms with Gasteiger partial charge in [-0.2, -0.15) is 0 Å². The molecule has 6 nitrogen and oxygen atoms in total. The van der Waals surface area contributed by atoms with Gasteiger partial charge in [0.2, 0.25) is 0 Å². The van der Waals surface area contributed by atoms with Crippen LogP contribution in [0.1, 0.15) is 39.5 Å². The van der Waals surface area contributed by atoms with Crippen LogP contribution in [0.2, 0.25) is 0 Å². The number of carbonyl (C=O) groups is 2. The van der Waals surface area contributed by atoms with Crippen molar-refractivity contribution < 1.29 is 29.3 Å². The Morgan fingerprint density at radius 3 is 1.79 bits per heavy atom. The summed E-state index contributed by atoms with van der Waals surface area (Å²) in [5.74, 6) is -2.01. The summed E-state index contributed by atoms with van der Waals surface area (Å²) >= 11 is 0. The summed E-state index contributed by atoms with van der Waals surface area (Å²) in [6.45, 7) is 3.91. The Balaban J connectivity index is 4.38. The first-order chi connectivity index (χ1) is 8.95. The van der Waals surface area contributed by atoms with E-state index in [1.165, 1.54) is 0 Å². The van der Waals surface area contributed by atoms with Gasteiger partial charge in [-0.15, -0.1) is 0 Å². The standard InChI is InChI=1S/C13H24O6/c1-3-5-6-13(4-2,9-18-7-11(14)15)10-19-8-12(16)17/h3-10H2,1-2H3,(H,14,15)(H,16,17). The zero-order valence-electron chi connectivity index (χ0n) is 11.7. The van der Waals surface area contributed by atoms with Crippen LogP contribution in [0, 0.1) is 5.41 Å². The number of hydrogen-bond donors (Lipinski definition) is 2. The summed E-state index contributed by atoms with van der Waals surface area (Å²) in [5, 5.41) is 17.1. The number of aliphatic carboxylic acids is 2. The predicted molar refractivity (Wildman–Crippen MR) is 69.2 cm³/mol. The fraction of sp³-hybridized carbons (Fsp3) is 0.846. The first-order valence-electron chi connectivity index (χ1n) is 6.55. The van der Waals surface area contributed by atoms with Gasteiger partial charge in [0.05, 0.1) is 13.2 Å². The quantitative estimate of drug-likeness (QED) is 0.564. The van der Waals surface area contributed by atoms with Gasteiger partial charge in [-0.1, -0.05) is 26.7 Å². The molecule has 0 aromatic heterocycles. The zero-order valence-corrected chi connectivity index (χ0v) is 11.7. The van der Waals surface area contributed by atoms with Crippen LogP contribution in [0.25, 0.3) is 0 Å². The van der Waals surface area contributed by atoms with Crippen LogP contribution in [0.3, 0.4) is 0 Å². The van der Waals surface area contributed by atoms with E-state index in [0.29, 0.717) is 0 Å². The van der Waals surface area contributed by atoms with Gasteiger partial charge in [-0.25, -0.2) is 9.59 Å². The van der Waals surface area contributed by atoms with E-state index in [2.05, 4.69) is 6.92 Å². The van der Waals surface area contributed by atoms with E-state index >= 15 is 0 Å². The van der Waals surface area contributed by atoms with Crippen LogP contribution in [-0.4, -0.2) is 48.6 Å². The third kappa shape index (κ3) is 8.56. The monoisotopic (exact) mass is 276 g/mol. The second-order valence-electron chi connectivity index (χ2n) is 4.73. The highest BCUT2D eigenvalue weighted by Gasteiger charge is 2.29. The van der Waals surface area contributed by atoms with E-state index in [9.17, 15) is 9.59 Å². The lowest BCUT2D eigenvalue weighted by Gasteiger charge is -2.32. The number of hydrogen-bond acceptors (Lipinski definition) is 4. The molecule has 19 heavy (non-hydrogen) atoms. The molecule has 0 radical (unpaired) electrons. The molecule has 6 heteroatoms. The third-order valence-corrected chi connectivity index (χ3v) is 3.08. The Morgan fingerprint density at radius 2 is 1.47 bits per heavy atom. The molecule has 0 aliphatic rings. The van der Waals surface area contributed by atoms with Crippen molar-refractivity contribution in [1.82, 2.24) is 0 Å². The van der Waals surface area contributed by atoms with Gasteiger partial charge in [0, 0.05) is 5.41 Å². The van der Waals surface area contributed by atoms with E-state index in [1.54, 1.807) is 0 Å². The molecule has 0 fully saturated rings. The number of carboxylic acids is 2. The molecule has 0 aromatic carbocycles. The minimum Gasteiger partial charge on any atom is -0.480 e. The van der Waals surface area contributed by atoms with Crippen molar-refractivity contribution in [3.63, 3.8) is 0 Å². The first-order valence-corrected chi connectivity index (χ1v) is 6.55. The topological polar surface area (TPSA) is 93.1 Å². The van der Waals surface area contributed by atoms with Gasteiger partial charge in [0.1, 0.15) is 13.2 Å². The Hall–Kier alpha value is -1.14. The van der Waals surface area contributed by atoms with Crippen LogP contribution in [0.5, 0.6) is 0 Å². The summed E-state index contributed by atoms with van der Waals surface area (Å²) in [6.07, 6.45) is 3.58. The minimum atomic E-state index is -1.01. The molecule has 0 saturated carbocycles. The smallest absolute Gasteiger partial charge is 0.329 e. The number of carboxylic acid groups (broad SMARTS) is 2. The van der Waals surface area contributed by atoms with Crippen molar-refractivity contribution in [2.24, 2.45) is 5.41 Å². The van der Waals surface area contributed by atoms with Gasteiger partial charge in [-0.3, -0.25) is 0 Å². The summed E-state index contributed by atoms with van der Waals surface area (Å²) in [5.41, 5.74) is -0.305. The number of rotatable bonds is 12. The van der Waals surface area contributed by atoms with Crippen molar-refractivity contribution in [1.29, 1.82) is 0 Å². The first kappa shape index (κ1) is 17.9. The van der Waals surface area contributed by atoms with Crippen LogP contribution < -0.4 is 0 Å². The molecule has 0 heterocycles. The Bertz CT molecular complexity index is 256. The number of unbranched alkanes of at least 4 members (excludes halogenated alkanes) is 1. The molecule has 0 atom stereocenters. The highest BCUT2D eigenvalue weighted by atomic mass is 16.5. The molecule has 0 saturated heterocycles. The Morgan fingerprint density at radius 1 is 1.00 bits per heavy atom. The highest BCUT2D eigenvalue weighted by molar-refractivity contribution is 5.68. The van der Waals surface area contributed by atoms with E-state index in [-0.39, 0.29) is 31.8 Å². The average molecular weight is 276 g/mol. The highest BCUT2D eigenvalue weighted by Crippen LogP contribution is 2.30. The molecular weight excluding hydrogens is 252 g/mol. The predicted octanol–water partition coefficient (Wildman–Crippen LogP) is 1.78. The molecule has 0 aliphatic heterocycles. The zero-order chi connectivity index (χ0) is 14.7. The van der Waals surface area contributed by atoms with Crippen molar-refractivity contribution >= 4 is 11.9 Å². The molecule has 2 N–H and O–H groups in total. The second kappa shape index (κ2) is 9.75. The molecule has 0 amide bonds. The molecule has 0 aromatic rings. The van der Waals surface area contributed by atoms with E-state index in [4.69, 9.17) is 19.7 Å². The van der Waals surface area contributed by atoms with Gasteiger partial charge in [0.15, 0.2) is 0 Å². The SMILES string of the molecule is CCCCC(CC)(COCC(=O)O)COCC(=O)O. The van der Waals surface area contributed by atoms with E-state index in [0.717, 1.165) is 25.7 Å². The van der Waals surface area contributed by atoms with Gasteiger partial charge in [-0.05, 0) is 12.8 Å². The summed E-state index contributed by atoms with van der Waals surface area (Å²) in [7, 11) is 0. The maximum absolute atomic E-state index is 10.5. The van der Waals surface area contributed by atoms with Crippen molar-refractivity contribution in [3.8, 4) is 0 Å².